The van der Waals surface area contributed by atoms with Crippen LogP contribution in [0.25, 0.3) is 0 Å². The SMILES string of the molecule is NC=O.NC=O.O=C1CCCN1. The summed E-state index contributed by atoms with van der Waals surface area (Å²) in [5.41, 5.74) is 8.33. The van der Waals surface area contributed by atoms with Crippen molar-refractivity contribution < 1.29 is 14.4 Å². The summed E-state index contributed by atoms with van der Waals surface area (Å²) in [6.45, 7) is 0.888. The van der Waals surface area contributed by atoms with E-state index >= 15 is 0 Å². The first-order chi connectivity index (χ1) is 5.72. The van der Waals surface area contributed by atoms with Crippen molar-refractivity contribution in [2.75, 3.05) is 6.54 Å². The molecule has 1 aliphatic heterocycles. The molecule has 1 aliphatic rings. The molecule has 6 nitrogen and oxygen atoms in total. The minimum absolute atomic E-state index is 0.204. The second-order valence-electron chi connectivity index (χ2n) is 1.73. The maximum atomic E-state index is 10.1. The molecule has 1 rings (SSSR count). The predicted octanol–water partition coefficient (Wildman–Crippen LogP) is -1.90. The van der Waals surface area contributed by atoms with Gasteiger partial charge in [-0.25, -0.2) is 0 Å². The quantitative estimate of drug-likeness (QED) is 0.373. The van der Waals surface area contributed by atoms with E-state index in [2.05, 4.69) is 16.8 Å². The number of hydrogen-bond acceptors (Lipinski definition) is 3. The largest absolute Gasteiger partial charge is 0.372 e. The molecule has 1 fully saturated rings. The van der Waals surface area contributed by atoms with Crippen LogP contribution in [0, 0.1) is 0 Å². The zero-order valence-electron chi connectivity index (χ0n) is 6.66. The molecule has 0 unspecified atom stereocenters. The van der Waals surface area contributed by atoms with Crippen LogP contribution in [-0.4, -0.2) is 25.3 Å². The Kier molecular flexibility index (Phi) is 13.2. The lowest BCUT2D eigenvalue weighted by Crippen LogP contribution is -2.12. The Hall–Kier alpha value is -1.59. The number of carbonyl (C=O) groups is 3. The van der Waals surface area contributed by atoms with E-state index in [1.54, 1.807) is 0 Å². The number of amides is 3. The molecule has 3 amide bonds. The van der Waals surface area contributed by atoms with Crippen molar-refractivity contribution in [3.05, 3.63) is 0 Å². The zero-order valence-corrected chi connectivity index (χ0v) is 6.66. The number of hydrogen-bond donors (Lipinski definition) is 3. The van der Waals surface area contributed by atoms with E-state index < -0.39 is 0 Å². The van der Waals surface area contributed by atoms with Crippen molar-refractivity contribution in [1.82, 2.24) is 5.32 Å². The fraction of sp³-hybridized carbons (Fsp3) is 0.500. The molecule has 1 heterocycles. The lowest BCUT2D eigenvalue weighted by molar-refractivity contribution is -0.119. The van der Waals surface area contributed by atoms with Crippen LogP contribution in [0.2, 0.25) is 0 Å². The number of nitrogens with two attached hydrogens (primary N) is 2. The van der Waals surface area contributed by atoms with Crippen LogP contribution in [0.3, 0.4) is 0 Å². The molecule has 0 saturated carbocycles. The standard InChI is InChI=1S/C4H7NO.2CH3NO/c6-4-2-1-3-5-4;2*2-1-3/h1-3H2,(H,5,6);2*1H,(H2,2,3). The predicted molar refractivity (Wildman–Crippen MR) is 42.7 cm³/mol. The molecule has 12 heavy (non-hydrogen) atoms. The van der Waals surface area contributed by atoms with Gasteiger partial charge in [0.05, 0.1) is 0 Å². The summed E-state index contributed by atoms with van der Waals surface area (Å²) >= 11 is 0. The number of rotatable bonds is 0. The van der Waals surface area contributed by atoms with Crippen LogP contribution >= 0.6 is 0 Å². The third kappa shape index (κ3) is 15.8. The van der Waals surface area contributed by atoms with E-state index in [1.165, 1.54) is 0 Å². The van der Waals surface area contributed by atoms with Crippen LogP contribution in [0.4, 0.5) is 0 Å². The molecule has 0 aliphatic carbocycles. The highest BCUT2D eigenvalue weighted by Crippen LogP contribution is 1.93. The van der Waals surface area contributed by atoms with Gasteiger partial charge in [0.25, 0.3) is 0 Å². The Labute approximate surface area is 70.3 Å². The molecule has 0 atom stereocenters. The van der Waals surface area contributed by atoms with Gasteiger partial charge in [0.2, 0.25) is 18.7 Å². The van der Waals surface area contributed by atoms with E-state index in [4.69, 9.17) is 9.59 Å². The van der Waals surface area contributed by atoms with Gasteiger partial charge in [-0.05, 0) is 6.42 Å². The van der Waals surface area contributed by atoms with Gasteiger partial charge in [-0.15, -0.1) is 0 Å². The zero-order chi connectivity index (χ0) is 9.82. The third-order valence-electron chi connectivity index (χ3n) is 0.903. The van der Waals surface area contributed by atoms with Gasteiger partial charge in [-0.3, -0.25) is 14.4 Å². The Morgan fingerprint density at radius 1 is 1.25 bits per heavy atom. The summed E-state index contributed by atoms with van der Waals surface area (Å²) < 4.78 is 0. The first-order valence-electron chi connectivity index (χ1n) is 3.30. The van der Waals surface area contributed by atoms with Crippen LogP contribution < -0.4 is 16.8 Å². The minimum Gasteiger partial charge on any atom is -0.372 e. The number of primary amides is 2. The van der Waals surface area contributed by atoms with E-state index in [-0.39, 0.29) is 18.7 Å². The highest BCUT2D eigenvalue weighted by molar-refractivity contribution is 5.77. The average molecular weight is 175 g/mol. The summed E-state index contributed by atoms with van der Waals surface area (Å²) in [6.07, 6.45) is 2.26. The van der Waals surface area contributed by atoms with Gasteiger partial charge in [0.15, 0.2) is 0 Å². The van der Waals surface area contributed by atoms with E-state index in [1.807, 2.05) is 0 Å². The monoisotopic (exact) mass is 175 g/mol. The summed E-state index contributed by atoms with van der Waals surface area (Å²) in [5, 5.41) is 2.68. The van der Waals surface area contributed by atoms with Gasteiger partial charge < -0.3 is 16.8 Å². The maximum Gasteiger partial charge on any atom is 0.220 e. The van der Waals surface area contributed by atoms with Crippen molar-refractivity contribution in [2.45, 2.75) is 12.8 Å². The molecular formula is C6H13N3O3. The maximum absolute atomic E-state index is 10.1. The molecule has 0 radical (unpaired) electrons. The highest BCUT2D eigenvalue weighted by Gasteiger charge is 2.05. The van der Waals surface area contributed by atoms with Gasteiger partial charge in [-0.2, -0.15) is 0 Å². The summed E-state index contributed by atoms with van der Waals surface area (Å²) in [4.78, 5) is 27.3. The first kappa shape index (κ1) is 13.0. The molecule has 0 aromatic rings. The highest BCUT2D eigenvalue weighted by atomic mass is 16.2. The molecule has 0 spiro atoms. The number of carbonyl (C=O) groups excluding carboxylic acids is 3. The van der Waals surface area contributed by atoms with Crippen molar-refractivity contribution in [1.29, 1.82) is 0 Å². The summed E-state index contributed by atoms with van der Waals surface area (Å²) in [6, 6.07) is 0. The van der Waals surface area contributed by atoms with Gasteiger partial charge in [0, 0.05) is 13.0 Å². The van der Waals surface area contributed by atoms with E-state index in [9.17, 15) is 4.79 Å². The Balaban J connectivity index is 0. The van der Waals surface area contributed by atoms with Crippen LogP contribution in [0.15, 0.2) is 0 Å². The lowest BCUT2D eigenvalue weighted by atomic mass is 10.4. The fourth-order valence-electron chi connectivity index (χ4n) is 0.565. The van der Waals surface area contributed by atoms with Gasteiger partial charge >= 0.3 is 0 Å². The first-order valence-corrected chi connectivity index (χ1v) is 3.30. The molecule has 70 valence electrons. The smallest absolute Gasteiger partial charge is 0.220 e. The summed E-state index contributed by atoms with van der Waals surface area (Å²) in [5.74, 6) is 0.204. The van der Waals surface area contributed by atoms with Gasteiger partial charge in [0.1, 0.15) is 0 Å². The lowest BCUT2D eigenvalue weighted by Gasteiger charge is -1.80. The molecule has 0 bridgehead atoms. The van der Waals surface area contributed by atoms with Gasteiger partial charge in [-0.1, -0.05) is 0 Å². The van der Waals surface area contributed by atoms with Crippen molar-refractivity contribution in [2.24, 2.45) is 11.5 Å². The summed E-state index contributed by atoms with van der Waals surface area (Å²) in [7, 11) is 0. The third-order valence-corrected chi connectivity index (χ3v) is 0.903. The average Bonchev–Trinajstić information content (AvgIpc) is 2.43. The number of nitrogens with one attached hydrogen (secondary N) is 1. The van der Waals surface area contributed by atoms with E-state index in [0.717, 1.165) is 19.4 Å². The normalized spacial score (nSPS) is 12.5. The second-order valence-corrected chi connectivity index (χ2v) is 1.73. The molecule has 6 heteroatoms. The topological polar surface area (TPSA) is 115 Å². The van der Waals surface area contributed by atoms with Crippen LogP contribution in [0.5, 0.6) is 0 Å². The molecule has 0 aromatic heterocycles. The minimum atomic E-state index is 0.204. The van der Waals surface area contributed by atoms with Crippen molar-refractivity contribution >= 4 is 18.7 Å². The Bertz CT molecular complexity index is 124. The molecule has 5 N–H and O–H groups in total. The van der Waals surface area contributed by atoms with Crippen LogP contribution in [-0.2, 0) is 14.4 Å². The van der Waals surface area contributed by atoms with E-state index in [0.29, 0.717) is 0 Å². The molecule has 1 saturated heterocycles. The van der Waals surface area contributed by atoms with Crippen molar-refractivity contribution in [3.8, 4) is 0 Å². The fourth-order valence-corrected chi connectivity index (χ4v) is 0.565. The Morgan fingerprint density at radius 3 is 1.75 bits per heavy atom. The molecular weight excluding hydrogens is 162 g/mol. The Morgan fingerprint density at radius 2 is 1.67 bits per heavy atom. The molecule has 0 aromatic carbocycles. The van der Waals surface area contributed by atoms with Crippen molar-refractivity contribution in [3.63, 3.8) is 0 Å². The second kappa shape index (κ2) is 12.1. The van der Waals surface area contributed by atoms with Crippen LogP contribution in [0.1, 0.15) is 12.8 Å².